The third-order valence-electron chi connectivity index (χ3n) is 3.76. The molecule has 1 aromatic heterocycles. The standard InChI is InChI=1S/C16H20N2S/c1-13-7-3-4-8-15(13)16-17-14(12-19-16)11-18-9-5-2-6-10-18/h3-4,7-8,12H,2,5-6,9-11H2,1H3. The van der Waals surface area contributed by atoms with E-state index in [0.29, 0.717) is 0 Å². The summed E-state index contributed by atoms with van der Waals surface area (Å²) in [6, 6.07) is 8.50. The first-order valence-electron chi connectivity index (χ1n) is 7.06. The molecule has 3 rings (SSSR count). The minimum Gasteiger partial charge on any atom is -0.297 e. The Labute approximate surface area is 119 Å². The Hall–Kier alpha value is -1.19. The lowest BCUT2D eigenvalue weighted by atomic mass is 10.1. The molecule has 2 aromatic rings. The third kappa shape index (κ3) is 3.04. The number of hydrogen-bond acceptors (Lipinski definition) is 3. The molecular weight excluding hydrogens is 252 g/mol. The van der Waals surface area contributed by atoms with Gasteiger partial charge in [-0.1, -0.05) is 30.7 Å². The summed E-state index contributed by atoms with van der Waals surface area (Å²) in [5, 5.41) is 3.38. The molecule has 1 aliphatic heterocycles. The summed E-state index contributed by atoms with van der Waals surface area (Å²) in [7, 11) is 0. The van der Waals surface area contributed by atoms with Crippen LogP contribution in [0.25, 0.3) is 10.6 Å². The molecule has 2 heterocycles. The second kappa shape index (κ2) is 5.85. The molecule has 0 aliphatic carbocycles. The Balaban J connectivity index is 1.74. The van der Waals surface area contributed by atoms with E-state index in [9.17, 15) is 0 Å². The van der Waals surface area contributed by atoms with Crippen LogP contribution in [-0.2, 0) is 6.54 Å². The summed E-state index contributed by atoms with van der Waals surface area (Å²) >= 11 is 1.77. The third-order valence-corrected chi connectivity index (χ3v) is 4.69. The maximum absolute atomic E-state index is 4.81. The molecule has 0 atom stereocenters. The summed E-state index contributed by atoms with van der Waals surface area (Å²) in [5.74, 6) is 0. The summed E-state index contributed by atoms with van der Waals surface area (Å²) < 4.78 is 0. The van der Waals surface area contributed by atoms with Gasteiger partial charge < -0.3 is 0 Å². The topological polar surface area (TPSA) is 16.1 Å². The number of likely N-dealkylation sites (tertiary alicyclic amines) is 1. The maximum atomic E-state index is 4.81. The molecule has 0 bridgehead atoms. The number of piperidine rings is 1. The zero-order valence-electron chi connectivity index (χ0n) is 11.4. The van der Waals surface area contributed by atoms with Gasteiger partial charge in [-0.15, -0.1) is 11.3 Å². The minimum absolute atomic E-state index is 1.02. The Morgan fingerprint density at radius 3 is 2.74 bits per heavy atom. The first kappa shape index (κ1) is 12.8. The maximum Gasteiger partial charge on any atom is 0.123 e. The number of hydrogen-bond donors (Lipinski definition) is 0. The molecule has 1 aliphatic rings. The molecule has 0 radical (unpaired) electrons. The van der Waals surface area contributed by atoms with E-state index in [-0.39, 0.29) is 0 Å². The van der Waals surface area contributed by atoms with Crippen LogP contribution in [0.2, 0.25) is 0 Å². The number of aromatic nitrogens is 1. The fraction of sp³-hybridized carbons (Fsp3) is 0.438. The van der Waals surface area contributed by atoms with Crippen molar-refractivity contribution in [2.75, 3.05) is 13.1 Å². The fourth-order valence-electron chi connectivity index (χ4n) is 2.66. The van der Waals surface area contributed by atoms with Gasteiger partial charge in [-0.25, -0.2) is 4.98 Å². The van der Waals surface area contributed by atoms with E-state index in [4.69, 9.17) is 4.98 Å². The SMILES string of the molecule is Cc1ccccc1-c1nc(CN2CCCCC2)cs1. The Kier molecular flexibility index (Phi) is 3.95. The molecule has 1 fully saturated rings. The highest BCUT2D eigenvalue weighted by Crippen LogP contribution is 2.27. The van der Waals surface area contributed by atoms with E-state index >= 15 is 0 Å². The van der Waals surface area contributed by atoms with Gasteiger partial charge in [-0.3, -0.25) is 4.90 Å². The van der Waals surface area contributed by atoms with Crippen LogP contribution in [0.1, 0.15) is 30.5 Å². The Morgan fingerprint density at radius 1 is 1.16 bits per heavy atom. The first-order chi connectivity index (χ1) is 9.33. The summed E-state index contributed by atoms with van der Waals surface area (Å²) in [5.41, 5.74) is 3.81. The van der Waals surface area contributed by atoms with Crippen LogP contribution in [0.3, 0.4) is 0 Å². The molecule has 0 amide bonds. The van der Waals surface area contributed by atoms with E-state index in [2.05, 4.69) is 41.5 Å². The van der Waals surface area contributed by atoms with Gasteiger partial charge in [-0.05, 0) is 38.4 Å². The molecule has 1 saturated heterocycles. The number of benzene rings is 1. The lowest BCUT2D eigenvalue weighted by Crippen LogP contribution is -2.29. The van der Waals surface area contributed by atoms with Crippen LogP contribution in [0.5, 0.6) is 0 Å². The van der Waals surface area contributed by atoms with Crippen molar-refractivity contribution < 1.29 is 0 Å². The average molecular weight is 272 g/mol. The molecule has 3 heteroatoms. The van der Waals surface area contributed by atoms with Crippen LogP contribution < -0.4 is 0 Å². The molecule has 100 valence electrons. The van der Waals surface area contributed by atoms with E-state index in [1.807, 2.05) is 0 Å². The van der Waals surface area contributed by atoms with E-state index in [0.717, 1.165) is 11.6 Å². The second-order valence-electron chi connectivity index (χ2n) is 5.30. The monoisotopic (exact) mass is 272 g/mol. The molecular formula is C16H20N2S. The lowest BCUT2D eigenvalue weighted by Gasteiger charge is -2.25. The quantitative estimate of drug-likeness (QED) is 0.836. The zero-order chi connectivity index (χ0) is 13.1. The van der Waals surface area contributed by atoms with Gasteiger partial charge in [-0.2, -0.15) is 0 Å². The van der Waals surface area contributed by atoms with Gasteiger partial charge >= 0.3 is 0 Å². The van der Waals surface area contributed by atoms with Crippen molar-refractivity contribution in [2.24, 2.45) is 0 Å². The lowest BCUT2D eigenvalue weighted by molar-refractivity contribution is 0.219. The van der Waals surface area contributed by atoms with Crippen molar-refractivity contribution >= 4 is 11.3 Å². The molecule has 2 nitrogen and oxygen atoms in total. The molecule has 0 spiro atoms. The van der Waals surface area contributed by atoms with Crippen LogP contribution in [-0.4, -0.2) is 23.0 Å². The summed E-state index contributed by atoms with van der Waals surface area (Å²) in [6.45, 7) is 5.64. The van der Waals surface area contributed by atoms with Gasteiger partial charge in [0.25, 0.3) is 0 Å². The first-order valence-corrected chi connectivity index (χ1v) is 7.93. The largest absolute Gasteiger partial charge is 0.297 e. The Morgan fingerprint density at radius 2 is 1.95 bits per heavy atom. The highest BCUT2D eigenvalue weighted by molar-refractivity contribution is 7.13. The van der Waals surface area contributed by atoms with Crippen molar-refractivity contribution in [3.05, 3.63) is 40.9 Å². The van der Waals surface area contributed by atoms with Crippen molar-refractivity contribution in [2.45, 2.75) is 32.7 Å². The molecule has 0 N–H and O–H groups in total. The molecule has 0 unspecified atom stereocenters. The van der Waals surface area contributed by atoms with E-state index in [1.165, 1.54) is 49.2 Å². The van der Waals surface area contributed by atoms with Crippen molar-refractivity contribution in [3.8, 4) is 10.6 Å². The van der Waals surface area contributed by atoms with Gasteiger partial charge in [0.15, 0.2) is 0 Å². The van der Waals surface area contributed by atoms with Gasteiger partial charge in [0.1, 0.15) is 5.01 Å². The van der Waals surface area contributed by atoms with Crippen LogP contribution in [0.4, 0.5) is 0 Å². The molecule has 1 aromatic carbocycles. The van der Waals surface area contributed by atoms with Crippen molar-refractivity contribution in [1.82, 2.24) is 9.88 Å². The average Bonchev–Trinajstić information content (AvgIpc) is 2.89. The summed E-state index contributed by atoms with van der Waals surface area (Å²) in [4.78, 5) is 7.34. The van der Waals surface area contributed by atoms with Gasteiger partial charge in [0.05, 0.1) is 5.69 Å². The predicted molar refractivity (Wildman–Crippen MR) is 81.4 cm³/mol. The second-order valence-corrected chi connectivity index (χ2v) is 6.15. The number of rotatable bonds is 3. The Bertz CT molecular complexity index is 541. The summed E-state index contributed by atoms with van der Waals surface area (Å²) in [6.07, 6.45) is 4.08. The van der Waals surface area contributed by atoms with Crippen molar-refractivity contribution in [3.63, 3.8) is 0 Å². The zero-order valence-corrected chi connectivity index (χ0v) is 12.2. The number of nitrogens with zero attached hydrogens (tertiary/aromatic N) is 2. The minimum atomic E-state index is 1.02. The molecule has 19 heavy (non-hydrogen) atoms. The molecule has 0 saturated carbocycles. The van der Waals surface area contributed by atoms with E-state index < -0.39 is 0 Å². The van der Waals surface area contributed by atoms with Crippen LogP contribution in [0, 0.1) is 6.92 Å². The predicted octanol–water partition coefficient (Wildman–Crippen LogP) is 4.10. The van der Waals surface area contributed by atoms with Gasteiger partial charge in [0.2, 0.25) is 0 Å². The highest BCUT2D eigenvalue weighted by atomic mass is 32.1. The highest BCUT2D eigenvalue weighted by Gasteiger charge is 2.13. The van der Waals surface area contributed by atoms with Gasteiger partial charge in [0, 0.05) is 17.5 Å². The van der Waals surface area contributed by atoms with E-state index in [1.54, 1.807) is 11.3 Å². The number of aryl methyl sites for hydroxylation is 1. The smallest absolute Gasteiger partial charge is 0.123 e. The normalized spacial score (nSPS) is 16.7. The van der Waals surface area contributed by atoms with Crippen LogP contribution in [0.15, 0.2) is 29.6 Å². The van der Waals surface area contributed by atoms with Crippen molar-refractivity contribution in [1.29, 1.82) is 0 Å². The van der Waals surface area contributed by atoms with Crippen LogP contribution >= 0.6 is 11.3 Å². The number of thiazole rings is 1. The fourth-order valence-corrected chi connectivity index (χ4v) is 3.56.